The van der Waals surface area contributed by atoms with E-state index >= 15 is 0 Å². The topological polar surface area (TPSA) is 126 Å². The summed E-state index contributed by atoms with van der Waals surface area (Å²) in [6, 6.07) is 7.28. The highest BCUT2D eigenvalue weighted by Gasteiger charge is 2.34. The zero-order valence-corrected chi connectivity index (χ0v) is 16.6. The van der Waals surface area contributed by atoms with Gasteiger partial charge in [0.25, 0.3) is 10.0 Å². The molecule has 4 rings (SSSR count). The predicted octanol–water partition coefficient (Wildman–Crippen LogP) is 0.946. The molecule has 1 saturated heterocycles. The standard InChI is InChI=1S/C18H23N5O4S/c1-3-22-18-14(11(2)21-22)15(16(19)17(20)27-18)12-4-6-13(7-5-12)23-8-9-26-10-28(23,24)25/h4-7,15H,3,8-10,19-20H2,1-2H3. The van der Waals surface area contributed by atoms with Crippen LogP contribution in [0.1, 0.15) is 29.7 Å². The second kappa shape index (κ2) is 6.71. The van der Waals surface area contributed by atoms with Crippen molar-refractivity contribution < 1.29 is 17.9 Å². The van der Waals surface area contributed by atoms with Gasteiger partial charge in [-0.2, -0.15) is 5.10 Å². The molecule has 3 heterocycles. The van der Waals surface area contributed by atoms with Crippen molar-refractivity contribution in [3.8, 4) is 5.88 Å². The number of aromatic nitrogens is 2. The summed E-state index contributed by atoms with van der Waals surface area (Å²) in [5.41, 5.74) is 15.9. The summed E-state index contributed by atoms with van der Waals surface area (Å²) < 4.78 is 38.4. The molecule has 2 aliphatic rings. The Hall–Kier alpha value is -2.72. The zero-order chi connectivity index (χ0) is 20.1. The Morgan fingerprint density at radius 2 is 1.96 bits per heavy atom. The van der Waals surface area contributed by atoms with Crippen LogP contribution in [0.5, 0.6) is 5.88 Å². The van der Waals surface area contributed by atoms with Gasteiger partial charge in [-0.25, -0.2) is 13.1 Å². The van der Waals surface area contributed by atoms with Gasteiger partial charge in [0.1, 0.15) is 0 Å². The van der Waals surface area contributed by atoms with E-state index in [2.05, 4.69) is 5.10 Å². The number of hydrogen-bond acceptors (Lipinski definition) is 7. The Morgan fingerprint density at radius 3 is 2.61 bits per heavy atom. The third-order valence-corrected chi connectivity index (χ3v) is 6.57. The third-order valence-electron chi connectivity index (χ3n) is 5.04. The smallest absolute Gasteiger partial charge is 0.259 e. The maximum atomic E-state index is 12.2. The molecule has 1 atom stereocenters. The Kier molecular flexibility index (Phi) is 4.47. The van der Waals surface area contributed by atoms with Crippen molar-refractivity contribution in [1.82, 2.24) is 9.78 Å². The SMILES string of the molecule is CCn1nc(C)c2c1OC(N)=C(N)C2c1ccc(N2CCOCS2(=O)=O)cc1. The molecular formula is C18H23N5O4S. The van der Waals surface area contributed by atoms with Gasteiger partial charge in [-0.3, -0.25) is 4.31 Å². The molecule has 0 spiro atoms. The summed E-state index contributed by atoms with van der Waals surface area (Å²) in [5.74, 6) is 0.141. The van der Waals surface area contributed by atoms with Gasteiger partial charge in [0.15, 0.2) is 5.94 Å². The van der Waals surface area contributed by atoms with Gasteiger partial charge in [0, 0.05) is 6.54 Å². The summed E-state index contributed by atoms with van der Waals surface area (Å²) in [5, 5.41) is 4.52. The number of benzene rings is 1. The highest BCUT2D eigenvalue weighted by Crippen LogP contribution is 2.42. The first-order valence-corrected chi connectivity index (χ1v) is 10.6. The van der Waals surface area contributed by atoms with E-state index in [0.29, 0.717) is 37.0 Å². The van der Waals surface area contributed by atoms with Crippen LogP contribution in [-0.4, -0.2) is 37.3 Å². The number of nitrogens with zero attached hydrogens (tertiary/aromatic N) is 3. The number of sulfonamides is 1. The zero-order valence-electron chi connectivity index (χ0n) is 15.8. The van der Waals surface area contributed by atoms with E-state index in [0.717, 1.165) is 16.8 Å². The van der Waals surface area contributed by atoms with Crippen LogP contribution < -0.4 is 20.5 Å². The molecule has 150 valence electrons. The van der Waals surface area contributed by atoms with Crippen molar-refractivity contribution >= 4 is 15.7 Å². The molecule has 1 fully saturated rings. The first kappa shape index (κ1) is 18.6. The van der Waals surface area contributed by atoms with Crippen molar-refractivity contribution in [2.24, 2.45) is 11.5 Å². The molecular weight excluding hydrogens is 382 g/mol. The maximum absolute atomic E-state index is 12.2. The second-order valence-corrected chi connectivity index (χ2v) is 8.62. The van der Waals surface area contributed by atoms with Gasteiger partial charge in [0.05, 0.1) is 41.7 Å². The van der Waals surface area contributed by atoms with Gasteiger partial charge < -0.3 is 20.9 Å². The molecule has 28 heavy (non-hydrogen) atoms. The molecule has 0 bridgehead atoms. The summed E-state index contributed by atoms with van der Waals surface area (Å²) in [4.78, 5) is 0. The minimum Gasteiger partial charge on any atom is -0.421 e. The molecule has 10 heteroatoms. The van der Waals surface area contributed by atoms with Crippen molar-refractivity contribution in [3.63, 3.8) is 0 Å². The van der Waals surface area contributed by atoms with E-state index < -0.39 is 10.0 Å². The first-order chi connectivity index (χ1) is 13.3. The fourth-order valence-electron chi connectivity index (χ4n) is 3.67. The number of aryl methyl sites for hydroxylation is 2. The van der Waals surface area contributed by atoms with E-state index in [-0.39, 0.29) is 17.7 Å². The molecule has 0 saturated carbocycles. The van der Waals surface area contributed by atoms with Crippen molar-refractivity contribution in [3.05, 3.63) is 52.7 Å². The van der Waals surface area contributed by atoms with E-state index in [1.165, 1.54) is 4.31 Å². The number of ether oxygens (including phenoxy) is 2. The van der Waals surface area contributed by atoms with Crippen LogP contribution in [0.4, 0.5) is 5.69 Å². The second-order valence-electron chi connectivity index (χ2n) is 6.78. The predicted molar refractivity (Wildman–Crippen MR) is 104 cm³/mol. The lowest BCUT2D eigenvalue weighted by Gasteiger charge is -2.29. The molecule has 2 aromatic rings. The summed E-state index contributed by atoms with van der Waals surface area (Å²) in [6.45, 7) is 5.18. The summed E-state index contributed by atoms with van der Waals surface area (Å²) in [6.07, 6.45) is 0. The van der Waals surface area contributed by atoms with Crippen LogP contribution in [-0.2, 0) is 21.3 Å². The monoisotopic (exact) mass is 405 g/mol. The molecule has 1 aromatic heterocycles. The largest absolute Gasteiger partial charge is 0.421 e. The fraction of sp³-hybridized carbons (Fsp3) is 0.389. The Morgan fingerprint density at radius 1 is 1.25 bits per heavy atom. The third kappa shape index (κ3) is 2.89. The molecule has 2 aliphatic heterocycles. The molecule has 0 aliphatic carbocycles. The van der Waals surface area contributed by atoms with E-state index in [9.17, 15) is 8.42 Å². The van der Waals surface area contributed by atoms with Gasteiger partial charge in [-0.15, -0.1) is 0 Å². The van der Waals surface area contributed by atoms with E-state index in [1.807, 2.05) is 26.0 Å². The molecule has 9 nitrogen and oxygen atoms in total. The van der Waals surface area contributed by atoms with E-state index in [4.69, 9.17) is 20.9 Å². The highest BCUT2D eigenvalue weighted by atomic mass is 32.2. The summed E-state index contributed by atoms with van der Waals surface area (Å²) >= 11 is 0. The average Bonchev–Trinajstić information content (AvgIpc) is 2.98. The quantitative estimate of drug-likeness (QED) is 0.778. The fourth-order valence-corrected chi connectivity index (χ4v) is 4.92. The number of rotatable bonds is 3. The van der Waals surface area contributed by atoms with Crippen molar-refractivity contribution in [2.45, 2.75) is 26.3 Å². The van der Waals surface area contributed by atoms with Crippen LogP contribution in [0.25, 0.3) is 0 Å². The van der Waals surface area contributed by atoms with Gasteiger partial charge in [0.2, 0.25) is 11.8 Å². The van der Waals surface area contributed by atoms with Gasteiger partial charge >= 0.3 is 0 Å². The van der Waals surface area contributed by atoms with Crippen LogP contribution in [0.15, 0.2) is 35.8 Å². The number of allylic oxidation sites excluding steroid dienone is 1. The minimum atomic E-state index is -3.47. The molecule has 0 radical (unpaired) electrons. The van der Waals surface area contributed by atoms with Gasteiger partial charge in [-0.05, 0) is 31.5 Å². The molecule has 1 unspecified atom stereocenters. The molecule has 0 amide bonds. The van der Waals surface area contributed by atoms with E-state index in [1.54, 1.807) is 16.8 Å². The number of nitrogens with two attached hydrogens (primary N) is 2. The van der Waals surface area contributed by atoms with Crippen LogP contribution >= 0.6 is 0 Å². The lowest BCUT2D eigenvalue weighted by molar-refractivity contribution is 0.175. The minimum absolute atomic E-state index is 0.159. The average molecular weight is 405 g/mol. The van der Waals surface area contributed by atoms with Crippen molar-refractivity contribution in [2.75, 3.05) is 23.4 Å². The molecule has 4 N–H and O–H groups in total. The Balaban J connectivity index is 1.75. The van der Waals surface area contributed by atoms with Crippen LogP contribution in [0, 0.1) is 6.92 Å². The number of fused-ring (bicyclic) bond motifs is 1. The van der Waals surface area contributed by atoms with Crippen molar-refractivity contribution in [1.29, 1.82) is 0 Å². The van der Waals surface area contributed by atoms with Crippen LogP contribution in [0.2, 0.25) is 0 Å². The van der Waals surface area contributed by atoms with Crippen LogP contribution in [0.3, 0.4) is 0 Å². The Bertz CT molecular complexity index is 1040. The first-order valence-electron chi connectivity index (χ1n) is 9.02. The lowest BCUT2D eigenvalue weighted by Crippen LogP contribution is -2.41. The summed E-state index contributed by atoms with van der Waals surface area (Å²) in [7, 11) is -3.47. The highest BCUT2D eigenvalue weighted by molar-refractivity contribution is 7.92. The van der Waals surface area contributed by atoms with Gasteiger partial charge in [-0.1, -0.05) is 12.1 Å². The lowest BCUT2D eigenvalue weighted by atomic mass is 9.87. The number of anilines is 1. The Labute approximate surface area is 163 Å². The molecule has 1 aromatic carbocycles. The normalized spacial score (nSPS) is 21.4. The number of hydrogen-bond donors (Lipinski definition) is 2. The maximum Gasteiger partial charge on any atom is 0.259 e.